The van der Waals surface area contributed by atoms with Crippen LogP contribution in [0.15, 0.2) is 35.4 Å². The minimum absolute atomic E-state index is 0.0434. The van der Waals surface area contributed by atoms with E-state index in [0.29, 0.717) is 5.56 Å². The van der Waals surface area contributed by atoms with Crippen LogP contribution in [0.1, 0.15) is 18.1 Å². The van der Waals surface area contributed by atoms with Gasteiger partial charge in [0.05, 0.1) is 28.7 Å². The van der Waals surface area contributed by atoms with Crippen molar-refractivity contribution < 1.29 is 33.6 Å². The van der Waals surface area contributed by atoms with Gasteiger partial charge in [-0.15, -0.1) is 0 Å². The number of aryl methyl sites for hydroxylation is 1. The average molecular weight is 446 g/mol. The van der Waals surface area contributed by atoms with E-state index in [0.717, 1.165) is 13.1 Å². The van der Waals surface area contributed by atoms with Gasteiger partial charge in [-0.1, -0.05) is 6.07 Å². The number of esters is 1. The fourth-order valence-electron chi connectivity index (χ4n) is 2.53. The molecule has 1 amide bonds. The Balaban J connectivity index is 2.12. The second-order valence-electron chi connectivity index (χ2n) is 6.20. The van der Waals surface area contributed by atoms with E-state index in [4.69, 9.17) is 14.2 Å². The molecule has 1 N–H and O–H groups in total. The lowest BCUT2D eigenvalue weighted by Gasteiger charge is -2.09. The Morgan fingerprint density at radius 3 is 2.41 bits per heavy atom. The van der Waals surface area contributed by atoms with Gasteiger partial charge >= 0.3 is 17.3 Å². The van der Waals surface area contributed by atoms with E-state index in [2.05, 4.69) is 10.5 Å². The Bertz CT molecular complexity index is 1100. The van der Waals surface area contributed by atoms with Crippen LogP contribution in [-0.4, -0.2) is 41.7 Å². The highest BCUT2D eigenvalue weighted by atomic mass is 16.6. The van der Waals surface area contributed by atoms with Crippen molar-refractivity contribution in [2.45, 2.75) is 13.8 Å². The van der Waals surface area contributed by atoms with Crippen LogP contribution in [0.5, 0.6) is 17.2 Å². The van der Waals surface area contributed by atoms with Gasteiger partial charge in [0.25, 0.3) is 5.91 Å². The summed E-state index contributed by atoms with van der Waals surface area (Å²) in [5.41, 5.74) is 1.88. The van der Waals surface area contributed by atoms with Crippen LogP contribution in [0, 0.1) is 27.2 Å². The second-order valence-corrected chi connectivity index (χ2v) is 6.20. The average Bonchev–Trinajstić information content (AvgIpc) is 2.72. The molecule has 0 aliphatic heterocycles. The van der Waals surface area contributed by atoms with Crippen molar-refractivity contribution >= 4 is 29.5 Å². The SMILES string of the molecule is COc1c(OC(C)=O)ccc(C=NNC(=O)COc2ccc(C)cc2[N+](=O)[O-])c1[N+](=O)[O-]. The second kappa shape index (κ2) is 10.5. The summed E-state index contributed by atoms with van der Waals surface area (Å²) in [6, 6.07) is 6.78. The fraction of sp³-hybridized carbons (Fsp3) is 0.211. The molecule has 13 heteroatoms. The summed E-state index contributed by atoms with van der Waals surface area (Å²) in [6.07, 6.45) is 0.991. The highest BCUT2D eigenvalue weighted by Gasteiger charge is 2.25. The summed E-state index contributed by atoms with van der Waals surface area (Å²) in [5.74, 6) is -2.00. The lowest BCUT2D eigenvalue weighted by molar-refractivity contribution is -0.386. The number of nitrogens with zero attached hydrogens (tertiary/aromatic N) is 3. The molecule has 2 aromatic rings. The molecular weight excluding hydrogens is 428 g/mol. The number of rotatable bonds is 9. The van der Waals surface area contributed by atoms with Crippen molar-refractivity contribution in [1.29, 1.82) is 0 Å². The number of benzene rings is 2. The highest BCUT2D eigenvalue weighted by molar-refractivity contribution is 5.90. The van der Waals surface area contributed by atoms with Gasteiger partial charge in [-0.3, -0.25) is 29.8 Å². The molecule has 0 aromatic heterocycles. The smallest absolute Gasteiger partial charge is 0.323 e. The number of ether oxygens (including phenoxy) is 3. The van der Waals surface area contributed by atoms with Crippen LogP contribution in [0.2, 0.25) is 0 Å². The fourth-order valence-corrected chi connectivity index (χ4v) is 2.53. The number of hydrazone groups is 1. The van der Waals surface area contributed by atoms with Crippen LogP contribution in [0.3, 0.4) is 0 Å². The normalized spacial score (nSPS) is 10.5. The van der Waals surface area contributed by atoms with Gasteiger partial charge in [0.1, 0.15) is 0 Å². The van der Waals surface area contributed by atoms with Crippen LogP contribution in [0.4, 0.5) is 11.4 Å². The molecule has 0 atom stereocenters. The zero-order valence-corrected chi connectivity index (χ0v) is 17.2. The predicted octanol–water partition coefficient (Wildman–Crippen LogP) is 2.27. The first-order valence-electron chi connectivity index (χ1n) is 8.87. The van der Waals surface area contributed by atoms with E-state index in [1.54, 1.807) is 13.0 Å². The summed E-state index contributed by atoms with van der Waals surface area (Å²) in [5, 5.41) is 26.2. The summed E-state index contributed by atoms with van der Waals surface area (Å²) in [7, 11) is 1.17. The summed E-state index contributed by atoms with van der Waals surface area (Å²) < 4.78 is 15.0. The van der Waals surface area contributed by atoms with Crippen molar-refractivity contribution in [3.8, 4) is 17.2 Å². The topological polar surface area (TPSA) is 172 Å². The van der Waals surface area contributed by atoms with Gasteiger partial charge in [-0.2, -0.15) is 5.10 Å². The van der Waals surface area contributed by atoms with Gasteiger partial charge in [0.15, 0.2) is 18.1 Å². The maximum absolute atomic E-state index is 11.9. The molecule has 0 saturated heterocycles. The van der Waals surface area contributed by atoms with Gasteiger partial charge in [0.2, 0.25) is 5.75 Å². The molecule has 0 radical (unpaired) electrons. The standard InChI is InChI=1S/C19H18N4O9/c1-11-4-6-15(14(8-11)22(26)27)31-10-17(25)21-20-9-13-5-7-16(32-12(2)24)19(30-3)18(13)23(28)29/h4-9H,10H2,1-3H3,(H,21,25). The van der Waals surface area contributed by atoms with Crippen molar-refractivity contribution in [3.05, 3.63) is 61.7 Å². The minimum atomic E-state index is -0.762. The lowest BCUT2D eigenvalue weighted by atomic mass is 10.1. The van der Waals surface area contributed by atoms with E-state index in [9.17, 15) is 29.8 Å². The monoisotopic (exact) mass is 446 g/mol. The third kappa shape index (κ3) is 5.98. The number of hydrogen-bond acceptors (Lipinski definition) is 10. The Hall–Kier alpha value is -4.55. The maximum atomic E-state index is 11.9. The molecule has 0 saturated carbocycles. The molecule has 32 heavy (non-hydrogen) atoms. The largest absolute Gasteiger partial charge is 0.488 e. The van der Waals surface area contributed by atoms with Crippen LogP contribution in [-0.2, 0) is 9.59 Å². The Morgan fingerprint density at radius 2 is 1.81 bits per heavy atom. The molecule has 2 aromatic carbocycles. The molecule has 0 spiro atoms. The van der Waals surface area contributed by atoms with E-state index in [-0.39, 0.29) is 28.5 Å². The van der Waals surface area contributed by atoms with Crippen LogP contribution >= 0.6 is 0 Å². The number of methoxy groups -OCH3 is 1. The zero-order chi connectivity index (χ0) is 23.8. The van der Waals surface area contributed by atoms with E-state index >= 15 is 0 Å². The number of carbonyl (C=O) groups is 2. The van der Waals surface area contributed by atoms with Crippen molar-refractivity contribution in [2.75, 3.05) is 13.7 Å². The molecule has 0 unspecified atom stereocenters. The number of nitrogens with one attached hydrogen (secondary N) is 1. The molecule has 2 rings (SSSR count). The summed E-state index contributed by atoms with van der Waals surface area (Å²) in [6.45, 7) is 2.21. The van der Waals surface area contributed by atoms with Crippen molar-refractivity contribution in [2.24, 2.45) is 5.10 Å². The Kier molecular flexibility index (Phi) is 7.76. The first kappa shape index (κ1) is 23.7. The van der Waals surface area contributed by atoms with Crippen molar-refractivity contribution in [3.63, 3.8) is 0 Å². The minimum Gasteiger partial charge on any atom is -0.488 e. The third-order valence-corrected chi connectivity index (χ3v) is 3.83. The van der Waals surface area contributed by atoms with Gasteiger partial charge in [-0.25, -0.2) is 5.43 Å². The molecule has 168 valence electrons. The van der Waals surface area contributed by atoms with Crippen LogP contribution in [0.25, 0.3) is 0 Å². The lowest BCUT2D eigenvalue weighted by Crippen LogP contribution is -2.24. The van der Waals surface area contributed by atoms with Gasteiger partial charge in [0, 0.05) is 13.0 Å². The maximum Gasteiger partial charge on any atom is 0.323 e. The number of hydrogen-bond donors (Lipinski definition) is 1. The highest BCUT2D eigenvalue weighted by Crippen LogP contribution is 2.39. The number of nitro groups is 2. The van der Waals surface area contributed by atoms with E-state index in [1.807, 2.05) is 0 Å². The van der Waals surface area contributed by atoms with Gasteiger partial charge in [-0.05, 0) is 30.7 Å². The molecule has 0 fully saturated rings. The number of carbonyl (C=O) groups excluding carboxylic acids is 2. The predicted molar refractivity (Wildman–Crippen MR) is 110 cm³/mol. The summed E-state index contributed by atoms with van der Waals surface area (Å²) >= 11 is 0. The molecule has 0 heterocycles. The first-order chi connectivity index (χ1) is 15.1. The molecule has 0 bridgehead atoms. The van der Waals surface area contributed by atoms with Gasteiger partial charge < -0.3 is 14.2 Å². The molecule has 0 aliphatic carbocycles. The first-order valence-corrected chi connectivity index (χ1v) is 8.87. The number of nitro benzene ring substituents is 2. The Labute approximate surface area is 180 Å². The van der Waals surface area contributed by atoms with E-state index < -0.39 is 34.0 Å². The summed E-state index contributed by atoms with van der Waals surface area (Å²) in [4.78, 5) is 44.3. The van der Waals surface area contributed by atoms with Crippen LogP contribution < -0.4 is 19.6 Å². The quantitative estimate of drug-likeness (QED) is 0.199. The Morgan fingerprint density at radius 1 is 1.12 bits per heavy atom. The zero-order valence-electron chi connectivity index (χ0n) is 17.2. The number of amides is 1. The van der Waals surface area contributed by atoms with Crippen molar-refractivity contribution in [1.82, 2.24) is 5.43 Å². The third-order valence-electron chi connectivity index (χ3n) is 3.83. The van der Waals surface area contributed by atoms with E-state index in [1.165, 1.54) is 31.4 Å². The molecular formula is C19H18N4O9. The molecule has 0 aliphatic rings. The molecule has 13 nitrogen and oxygen atoms in total.